The minimum atomic E-state index is 0.317. The molecule has 0 amide bonds. The quantitative estimate of drug-likeness (QED) is 0.652. The van der Waals surface area contributed by atoms with Crippen LogP contribution in [0.15, 0.2) is 25.3 Å². The Balaban J connectivity index is 2.90. The number of allylic oxidation sites excluding steroid dienone is 2. The van der Waals surface area contributed by atoms with E-state index in [1.165, 1.54) is 0 Å². The second kappa shape index (κ2) is 5.83. The maximum atomic E-state index is 3.92. The largest absolute Gasteiger partial charge is 0.238 e. The van der Waals surface area contributed by atoms with Gasteiger partial charge >= 0.3 is 0 Å². The summed E-state index contributed by atoms with van der Waals surface area (Å²) in [4.78, 5) is 0. The van der Waals surface area contributed by atoms with Crippen LogP contribution >= 0.6 is 0 Å². The van der Waals surface area contributed by atoms with Crippen molar-refractivity contribution < 1.29 is 0 Å². The van der Waals surface area contributed by atoms with Gasteiger partial charge in [-0.2, -0.15) is 0 Å². The van der Waals surface area contributed by atoms with Crippen molar-refractivity contribution in [3.05, 3.63) is 25.3 Å². The lowest BCUT2D eigenvalue weighted by molar-refractivity contribution is -0.0272. The Hall–Kier alpha value is -0.600. The van der Waals surface area contributed by atoms with E-state index in [2.05, 4.69) is 63.0 Å². The fourth-order valence-electron chi connectivity index (χ4n) is 2.83. The van der Waals surface area contributed by atoms with E-state index in [1.54, 1.807) is 0 Å². The summed E-state index contributed by atoms with van der Waals surface area (Å²) < 4.78 is 0. The van der Waals surface area contributed by atoms with Gasteiger partial charge in [-0.15, -0.1) is 13.2 Å². The van der Waals surface area contributed by atoms with Crippen LogP contribution in [0.25, 0.3) is 0 Å². The van der Waals surface area contributed by atoms with E-state index < -0.39 is 0 Å². The number of hydrogen-bond acceptors (Lipinski definition) is 2. The minimum Gasteiger partial charge on any atom is -0.238 e. The molecule has 0 saturated carbocycles. The molecule has 1 aliphatic heterocycles. The van der Waals surface area contributed by atoms with Crippen molar-refractivity contribution in [3.63, 3.8) is 0 Å². The SMILES string of the molecule is C=CCC1(CC=C)CN(C(C)C)N(C(C)C)C1. The molecular weight excluding hydrogens is 208 g/mol. The Morgan fingerprint density at radius 3 is 1.53 bits per heavy atom. The average molecular weight is 236 g/mol. The monoisotopic (exact) mass is 236 g/mol. The lowest BCUT2D eigenvalue weighted by atomic mass is 9.81. The molecular formula is C15H28N2. The van der Waals surface area contributed by atoms with Gasteiger partial charge in [-0.1, -0.05) is 12.2 Å². The highest BCUT2D eigenvalue weighted by atomic mass is 15.7. The van der Waals surface area contributed by atoms with Crippen LogP contribution in [-0.4, -0.2) is 35.2 Å². The average Bonchev–Trinajstić information content (AvgIpc) is 2.59. The molecule has 0 N–H and O–H groups in total. The first-order valence-electron chi connectivity index (χ1n) is 6.71. The fraction of sp³-hybridized carbons (Fsp3) is 0.733. The van der Waals surface area contributed by atoms with Gasteiger partial charge in [0.2, 0.25) is 0 Å². The van der Waals surface area contributed by atoms with Gasteiger partial charge in [0.05, 0.1) is 0 Å². The highest BCUT2D eigenvalue weighted by molar-refractivity contribution is 4.99. The fourth-order valence-corrected chi connectivity index (χ4v) is 2.83. The summed E-state index contributed by atoms with van der Waals surface area (Å²) >= 11 is 0. The molecule has 2 heteroatoms. The molecule has 1 saturated heterocycles. The van der Waals surface area contributed by atoms with E-state index in [9.17, 15) is 0 Å². The molecule has 0 atom stereocenters. The zero-order valence-electron chi connectivity index (χ0n) is 11.9. The third kappa shape index (κ3) is 3.20. The lowest BCUT2D eigenvalue weighted by Gasteiger charge is -2.34. The Kier molecular flexibility index (Phi) is 4.96. The summed E-state index contributed by atoms with van der Waals surface area (Å²) in [7, 11) is 0. The molecule has 98 valence electrons. The van der Waals surface area contributed by atoms with Gasteiger partial charge in [0, 0.05) is 30.6 Å². The molecule has 0 aromatic rings. The number of nitrogens with zero attached hydrogens (tertiary/aromatic N) is 2. The Morgan fingerprint density at radius 1 is 0.941 bits per heavy atom. The number of hydrazine groups is 1. The smallest absolute Gasteiger partial charge is 0.0211 e. The van der Waals surface area contributed by atoms with Crippen LogP contribution in [0.4, 0.5) is 0 Å². The van der Waals surface area contributed by atoms with Crippen molar-refractivity contribution in [2.45, 2.75) is 52.6 Å². The second-order valence-corrected chi connectivity index (χ2v) is 5.87. The third-order valence-electron chi connectivity index (χ3n) is 3.67. The van der Waals surface area contributed by atoms with E-state index in [1.807, 2.05) is 0 Å². The lowest BCUT2D eigenvalue weighted by Crippen LogP contribution is -2.44. The van der Waals surface area contributed by atoms with E-state index in [0.29, 0.717) is 17.5 Å². The predicted octanol–water partition coefficient (Wildman–Crippen LogP) is 3.47. The second-order valence-electron chi connectivity index (χ2n) is 5.87. The highest BCUT2D eigenvalue weighted by Crippen LogP contribution is 2.38. The maximum Gasteiger partial charge on any atom is 0.0211 e. The summed E-state index contributed by atoms with van der Waals surface area (Å²) in [6.07, 6.45) is 6.27. The molecule has 17 heavy (non-hydrogen) atoms. The van der Waals surface area contributed by atoms with E-state index in [4.69, 9.17) is 0 Å². The first-order valence-corrected chi connectivity index (χ1v) is 6.71. The maximum absolute atomic E-state index is 3.92. The molecule has 0 aromatic carbocycles. The number of hydrogen-bond donors (Lipinski definition) is 0. The zero-order valence-corrected chi connectivity index (χ0v) is 11.9. The van der Waals surface area contributed by atoms with Crippen molar-refractivity contribution in [1.82, 2.24) is 10.0 Å². The van der Waals surface area contributed by atoms with Gasteiger partial charge in [-0.05, 0) is 40.5 Å². The van der Waals surface area contributed by atoms with E-state index in [-0.39, 0.29) is 0 Å². The molecule has 0 unspecified atom stereocenters. The summed E-state index contributed by atoms with van der Waals surface area (Å²) in [5, 5.41) is 5.02. The normalized spacial score (nSPS) is 21.3. The molecule has 0 aromatic heterocycles. The van der Waals surface area contributed by atoms with Crippen LogP contribution in [-0.2, 0) is 0 Å². The van der Waals surface area contributed by atoms with Crippen LogP contribution < -0.4 is 0 Å². The van der Waals surface area contributed by atoms with Crippen molar-refractivity contribution in [3.8, 4) is 0 Å². The molecule has 0 spiro atoms. The van der Waals surface area contributed by atoms with Crippen LogP contribution in [0.2, 0.25) is 0 Å². The Bertz CT molecular complexity index is 240. The van der Waals surface area contributed by atoms with E-state index >= 15 is 0 Å². The highest BCUT2D eigenvalue weighted by Gasteiger charge is 2.42. The Morgan fingerprint density at radius 2 is 1.29 bits per heavy atom. The van der Waals surface area contributed by atoms with Crippen molar-refractivity contribution in [2.24, 2.45) is 5.41 Å². The number of rotatable bonds is 6. The van der Waals surface area contributed by atoms with Crippen molar-refractivity contribution in [2.75, 3.05) is 13.1 Å². The minimum absolute atomic E-state index is 0.317. The topological polar surface area (TPSA) is 6.48 Å². The third-order valence-corrected chi connectivity index (χ3v) is 3.67. The summed E-state index contributed by atoms with van der Waals surface area (Å²) in [6.45, 7) is 19.2. The summed E-state index contributed by atoms with van der Waals surface area (Å²) in [5.74, 6) is 0. The van der Waals surface area contributed by atoms with E-state index in [0.717, 1.165) is 25.9 Å². The van der Waals surface area contributed by atoms with Crippen molar-refractivity contribution >= 4 is 0 Å². The van der Waals surface area contributed by atoms with Gasteiger partial charge in [-0.25, -0.2) is 10.0 Å². The molecule has 0 aliphatic carbocycles. The molecule has 0 radical (unpaired) electrons. The van der Waals surface area contributed by atoms with Gasteiger partial charge in [0.25, 0.3) is 0 Å². The van der Waals surface area contributed by atoms with Gasteiger partial charge < -0.3 is 0 Å². The summed E-state index contributed by atoms with van der Waals surface area (Å²) in [5.41, 5.74) is 0.317. The first-order chi connectivity index (χ1) is 7.95. The van der Waals surface area contributed by atoms with Crippen molar-refractivity contribution in [1.29, 1.82) is 0 Å². The zero-order chi connectivity index (χ0) is 13.1. The standard InChI is InChI=1S/C15H28N2/c1-7-9-15(10-8-2)11-16(13(3)4)17(12-15)14(5)6/h7-8,13-14H,1-2,9-12H2,3-6H3. The molecule has 1 fully saturated rings. The van der Waals surface area contributed by atoms with Crippen LogP contribution in [0.1, 0.15) is 40.5 Å². The summed E-state index contributed by atoms with van der Waals surface area (Å²) in [6, 6.07) is 1.13. The van der Waals surface area contributed by atoms with Gasteiger partial charge in [0.15, 0.2) is 0 Å². The van der Waals surface area contributed by atoms with Gasteiger partial charge in [-0.3, -0.25) is 0 Å². The molecule has 1 heterocycles. The Labute approximate surface area is 107 Å². The van der Waals surface area contributed by atoms with Crippen LogP contribution in [0.5, 0.6) is 0 Å². The molecule has 2 nitrogen and oxygen atoms in total. The molecule has 1 aliphatic rings. The van der Waals surface area contributed by atoms with Crippen LogP contribution in [0.3, 0.4) is 0 Å². The van der Waals surface area contributed by atoms with Crippen LogP contribution in [0, 0.1) is 5.41 Å². The first kappa shape index (κ1) is 14.5. The van der Waals surface area contributed by atoms with Gasteiger partial charge in [0.1, 0.15) is 0 Å². The molecule has 1 rings (SSSR count). The molecule has 0 bridgehead atoms. The predicted molar refractivity (Wildman–Crippen MR) is 75.7 cm³/mol.